The SMILES string of the molecule is CCCCCN1CCN(c2ccc3cc(-c4cc5cc(C)nc(C)c5o4)c(=O)oc3c2)CC1. The highest BCUT2D eigenvalue weighted by molar-refractivity contribution is 5.88. The predicted molar refractivity (Wildman–Crippen MR) is 133 cm³/mol. The number of fused-ring (bicyclic) bond motifs is 2. The Morgan fingerprint density at radius 2 is 1.76 bits per heavy atom. The Morgan fingerprint density at radius 1 is 0.939 bits per heavy atom. The van der Waals surface area contributed by atoms with Gasteiger partial charge < -0.3 is 13.7 Å². The highest BCUT2D eigenvalue weighted by atomic mass is 16.4. The number of unbranched alkanes of at least 4 members (excludes halogenated alkanes) is 2. The van der Waals surface area contributed by atoms with Crippen LogP contribution >= 0.6 is 0 Å². The van der Waals surface area contributed by atoms with Crippen molar-refractivity contribution in [2.24, 2.45) is 0 Å². The largest absolute Gasteiger partial charge is 0.454 e. The van der Waals surface area contributed by atoms with Gasteiger partial charge in [-0.15, -0.1) is 0 Å². The van der Waals surface area contributed by atoms with E-state index in [1.54, 1.807) is 0 Å². The van der Waals surface area contributed by atoms with Gasteiger partial charge in [-0.05, 0) is 57.1 Å². The number of aryl methyl sites for hydroxylation is 2. The van der Waals surface area contributed by atoms with Crippen LogP contribution in [0.2, 0.25) is 0 Å². The summed E-state index contributed by atoms with van der Waals surface area (Å²) in [5.74, 6) is 0.513. The summed E-state index contributed by atoms with van der Waals surface area (Å²) < 4.78 is 11.7. The minimum absolute atomic E-state index is 0.387. The molecular weight excluding hydrogens is 414 g/mol. The van der Waals surface area contributed by atoms with E-state index in [4.69, 9.17) is 8.83 Å². The number of pyridine rings is 1. The maximum Gasteiger partial charge on any atom is 0.347 e. The highest BCUT2D eigenvalue weighted by Crippen LogP contribution is 2.30. The molecule has 0 amide bonds. The van der Waals surface area contributed by atoms with Crippen molar-refractivity contribution in [1.29, 1.82) is 0 Å². The van der Waals surface area contributed by atoms with Crippen molar-refractivity contribution in [3.05, 3.63) is 58.2 Å². The summed E-state index contributed by atoms with van der Waals surface area (Å²) in [4.78, 5) is 22.2. The zero-order valence-electron chi connectivity index (χ0n) is 19.7. The van der Waals surface area contributed by atoms with Crippen LogP contribution in [0.4, 0.5) is 5.69 Å². The zero-order chi connectivity index (χ0) is 22.9. The van der Waals surface area contributed by atoms with Crippen LogP contribution in [0.3, 0.4) is 0 Å². The molecule has 0 bridgehead atoms. The summed E-state index contributed by atoms with van der Waals surface area (Å²) in [7, 11) is 0. The number of hydrogen-bond acceptors (Lipinski definition) is 6. The fourth-order valence-electron chi connectivity index (χ4n) is 4.78. The Labute approximate surface area is 193 Å². The monoisotopic (exact) mass is 445 g/mol. The first kappa shape index (κ1) is 21.7. The number of rotatable bonds is 6. The number of benzene rings is 1. The molecule has 1 aliphatic rings. The van der Waals surface area contributed by atoms with E-state index < -0.39 is 0 Å². The number of anilines is 1. The first-order valence-electron chi connectivity index (χ1n) is 11.9. The van der Waals surface area contributed by atoms with Gasteiger partial charge in [0.1, 0.15) is 16.9 Å². The lowest BCUT2D eigenvalue weighted by molar-refractivity contribution is 0.252. The average Bonchev–Trinajstić information content (AvgIpc) is 3.23. The van der Waals surface area contributed by atoms with Crippen LogP contribution in [0, 0.1) is 13.8 Å². The lowest BCUT2D eigenvalue weighted by Crippen LogP contribution is -2.46. The maximum atomic E-state index is 12.9. The van der Waals surface area contributed by atoms with E-state index in [-0.39, 0.29) is 5.63 Å². The molecule has 0 aliphatic carbocycles. The van der Waals surface area contributed by atoms with Gasteiger partial charge in [0, 0.05) is 54.4 Å². The molecule has 6 nitrogen and oxygen atoms in total. The summed E-state index contributed by atoms with van der Waals surface area (Å²) >= 11 is 0. The van der Waals surface area contributed by atoms with Crippen LogP contribution in [0.5, 0.6) is 0 Å². The van der Waals surface area contributed by atoms with Gasteiger partial charge in [0.25, 0.3) is 0 Å². The lowest BCUT2D eigenvalue weighted by Gasteiger charge is -2.36. The van der Waals surface area contributed by atoms with E-state index in [0.29, 0.717) is 22.5 Å². The second-order valence-corrected chi connectivity index (χ2v) is 9.08. The first-order valence-corrected chi connectivity index (χ1v) is 11.9. The predicted octanol–water partition coefficient (Wildman–Crippen LogP) is 5.53. The Hall–Kier alpha value is -3.12. The topological polar surface area (TPSA) is 62.7 Å². The molecule has 1 saturated heterocycles. The van der Waals surface area contributed by atoms with E-state index >= 15 is 0 Å². The van der Waals surface area contributed by atoms with Crippen molar-refractivity contribution < 1.29 is 8.83 Å². The molecule has 0 atom stereocenters. The second kappa shape index (κ2) is 9.02. The summed E-state index contributed by atoms with van der Waals surface area (Å²) in [6, 6.07) is 11.9. The fourth-order valence-corrected chi connectivity index (χ4v) is 4.78. The van der Waals surface area contributed by atoms with Gasteiger partial charge in [-0.2, -0.15) is 0 Å². The fraction of sp³-hybridized carbons (Fsp3) is 0.407. The highest BCUT2D eigenvalue weighted by Gasteiger charge is 2.19. The maximum absolute atomic E-state index is 12.9. The van der Waals surface area contributed by atoms with Crippen LogP contribution in [0.15, 0.2) is 50.0 Å². The van der Waals surface area contributed by atoms with E-state index in [1.165, 1.54) is 25.8 Å². The third kappa shape index (κ3) is 4.40. The van der Waals surface area contributed by atoms with Gasteiger partial charge >= 0.3 is 5.63 Å². The number of hydrogen-bond donors (Lipinski definition) is 0. The normalized spacial score (nSPS) is 15.1. The summed E-state index contributed by atoms with van der Waals surface area (Å²) in [6.07, 6.45) is 3.84. The molecule has 3 aromatic heterocycles. The molecule has 0 saturated carbocycles. The molecule has 0 unspecified atom stereocenters. The lowest BCUT2D eigenvalue weighted by atomic mass is 10.1. The van der Waals surface area contributed by atoms with Crippen molar-refractivity contribution in [3.63, 3.8) is 0 Å². The summed E-state index contributed by atoms with van der Waals surface area (Å²) in [5, 5.41) is 1.83. The van der Waals surface area contributed by atoms with Crippen molar-refractivity contribution in [2.75, 3.05) is 37.6 Å². The van der Waals surface area contributed by atoms with Crippen LogP contribution in [-0.4, -0.2) is 42.6 Å². The molecule has 4 heterocycles. The van der Waals surface area contributed by atoms with Gasteiger partial charge in [-0.3, -0.25) is 9.88 Å². The number of piperazine rings is 1. The van der Waals surface area contributed by atoms with Gasteiger partial charge in [0.05, 0.1) is 5.69 Å². The van der Waals surface area contributed by atoms with E-state index in [0.717, 1.165) is 54.0 Å². The molecule has 1 aromatic carbocycles. The van der Waals surface area contributed by atoms with Gasteiger partial charge in [0.15, 0.2) is 5.58 Å². The second-order valence-electron chi connectivity index (χ2n) is 9.08. The van der Waals surface area contributed by atoms with Crippen molar-refractivity contribution in [1.82, 2.24) is 9.88 Å². The summed E-state index contributed by atoms with van der Waals surface area (Å²) in [6.45, 7) is 11.4. The first-order chi connectivity index (χ1) is 16.0. The third-order valence-corrected chi connectivity index (χ3v) is 6.60. The van der Waals surface area contributed by atoms with Crippen molar-refractivity contribution >= 4 is 27.6 Å². The average molecular weight is 446 g/mol. The van der Waals surface area contributed by atoms with Crippen LogP contribution in [0.1, 0.15) is 37.6 Å². The van der Waals surface area contributed by atoms with E-state index in [9.17, 15) is 4.79 Å². The molecular formula is C27H31N3O3. The van der Waals surface area contributed by atoms with Crippen LogP contribution in [0.25, 0.3) is 33.3 Å². The Morgan fingerprint density at radius 3 is 2.55 bits per heavy atom. The quantitative estimate of drug-likeness (QED) is 0.287. The number of furan rings is 1. The van der Waals surface area contributed by atoms with E-state index in [1.807, 2.05) is 44.2 Å². The Balaban J connectivity index is 1.39. The molecule has 172 valence electrons. The van der Waals surface area contributed by atoms with Gasteiger partial charge in [0.2, 0.25) is 0 Å². The molecule has 5 rings (SSSR count). The zero-order valence-corrected chi connectivity index (χ0v) is 19.7. The van der Waals surface area contributed by atoms with Crippen LogP contribution in [-0.2, 0) is 0 Å². The van der Waals surface area contributed by atoms with Gasteiger partial charge in [-0.25, -0.2) is 4.79 Å². The third-order valence-electron chi connectivity index (χ3n) is 6.60. The molecule has 1 fully saturated rings. The van der Waals surface area contributed by atoms with Crippen molar-refractivity contribution in [3.8, 4) is 11.3 Å². The molecule has 1 aliphatic heterocycles. The number of aromatic nitrogens is 1. The molecule has 0 spiro atoms. The van der Waals surface area contributed by atoms with E-state index in [2.05, 4.69) is 27.8 Å². The Kier molecular flexibility index (Phi) is 5.94. The smallest absolute Gasteiger partial charge is 0.347 e. The molecule has 4 aromatic rings. The molecule has 6 heteroatoms. The standard InChI is InChI=1S/C27H31N3O3/c1-4-5-6-9-29-10-12-30(13-11-29)22-8-7-20-15-23(27(31)33-24(20)17-22)25-16-21-14-18(2)28-19(3)26(21)32-25/h7-8,14-17H,4-6,9-13H2,1-3H3. The number of nitrogens with zero attached hydrogens (tertiary/aromatic N) is 3. The molecule has 33 heavy (non-hydrogen) atoms. The minimum Gasteiger partial charge on any atom is -0.454 e. The summed E-state index contributed by atoms with van der Waals surface area (Å²) in [5.41, 5.74) is 4.21. The minimum atomic E-state index is -0.387. The van der Waals surface area contributed by atoms with Crippen LogP contribution < -0.4 is 10.5 Å². The molecule has 0 radical (unpaired) electrons. The molecule has 0 N–H and O–H groups in total. The Bertz CT molecular complexity index is 1350. The van der Waals surface area contributed by atoms with Gasteiger partial charge in [-0.1, -0.05) is 19.8 Å². The van der Waals surface area contributed by atoms with Crippen molar-refractivity contribution in [2.45, 2.75) is 40.0 Å².